The van der Waals surface area contributed by atoms with E-state index in [1.807, 2.05) is 36.4 Å². The molecule has 0 bridgehead atoms. The Bertz CT molecular complexity index is 1410. The minimum Gasteiger partial charge on any atom is -0.487 e. The highest BCUT2D eigenvalue weighted by molar-refractivity contribution is 6.03. The largest absolute Gasteiger partial charge is 0.487 e. The normalized spacial score (nSPS) is 11.2. The number of benzene rings is 3. The summed E-state index contributed by atoms with van der Waals surface area (Å²) >= 11 is 0. The van der Waals surface area contributed by atoms with Gasteiger partial charge in [0.1, 0.15) is 12.4 Å². The molecule has 1 heterocycles. The van der Waals surface area contributed by atoms with Gasteiger partial charge in [-0.25, -0.2) is 9.78 Å². The van der Waals surface area contributed by atoms with Crippen molar-refractivity contribution < 1.29 is 14.6 Å². The standard InChI is InChI=1S/C39H49NO3/c1-3-5-7-8-9-10-11-12-13-15-19-30-22-24-32(25-23-30)29-43-38-34-28-31(18-6-4-2)26-27-35(34)40-37(39(41)42)36(38)33-20-16-14-17-21-33/h14,16-17,20-28H,3-13,15,18-19,29H2,1-2H3,(H,41,42). The molecule has 228 valence electrons. The number of fused-ring (bicyclic) bond motifs is 1. The molecule has 0 radical (unpaired) electrons. The number of hydrogen-bond acceptors (Lipinski definition) is 3. The molecular weight excluding hydrogens is 530 g/mol. The molecule has 0 atom stereocenters. The minimum atomic E-state index is -1.06. The van der Waals surface area contributed by atoms with Gasteiger partial charge in [0.05, 0.1) is 11.1 Å². The zero-order valence-electron chi connectivity index (χ0n) is 26.2. The summed E-state index contributed by atoms with van der Waals surface area (Å²) < 4.78 is 6.54. The van der Waals surface area contributed by atoms with E-state index in [9.17, 15) is 9.90 Å². The number of ether oxygens (including phenoxy) is 1. The van der Waals surface area contributed by atoms with Gasteiger partial charge in [0.2, 0.25) is 0 Å². The first-order valence-corrected chi connectivity index (χ1v) is 16.6. The van der Waals surface area contributed by atoms with E-state index in [0.717, 1.165) is 42.2 Å². The maximum absolute atomic E-state index is 12.4. The number of hydrogen-bond donors (Lipinski definition) is 1. The van der Waals surface area contributed by atoms with Crippen LogP contribution in [-0.2, 0) is 19.4 Å². The zero-order chi connectivity index (χ0) is 30.3. The zero-order valence-corrected chi connectivity index (χ0v) is 26.2. The van der Waals surface area contributed by atoms with Gasteiger partial charge in [0.25, 0.3) is 0 Å². The Labute approximate surface area is 258 Å². The van der Waals surface area contributed by atoms with Gasteiger partial charge < -0.3 is 9.84 Å². The summed E-state index contributed by atoms with van der Waals surface area (Å²) in [6, 6.07) is 24.4. The van der Waals surface area contributed by atoms with E-state index in [1.54, 1.807) is 0 Å². The second-order valence-electron chi connectivity index (χ2n) is 11.8. The summed E-state index contributed by atoms with van der Waals surface area (Å²) in [5.41, 5.74) is 5.60. The van der Waals surface area contributed by atoms with Gasteiger partial charge in [-0.15, -0.1) is 0 Å². The topological polar surface area (TPSA) is 59.4 Å². The third kappa shape index (κ3) is 9.68. The smallest absolute Gasteiger partial charge is 0.355 e. The van der Waals surface area contributed by atoms with Crippen LogP contribution in [0, 0.1) is 0 Å². The fourth-order valence-electron chi connectivity index (χ4n) is 5.77. The Morgan fingerprint density at radius 1 is 0.674 bits per heavy atom. The van der Waals surface area contributed by atoms with Crippen LogP contribution >= 0.6 is 0 Å². The number of carbonyl (C=O) groups is 1. The average molecular weight is 580 g/mol. The van der Waals surface area contributed by atoms with Crippen molar-refractivity contribution in [3.05, 3.63) is 95.2 Å². The van der Waals surface area contributed by atoms with Crippen molar-refractivity contribution in [3.63, 3.8) is 0 Å². The van der Waals surface area contributed by atoms with Crippen molar-refractivity contribution in [1.29, 1.82) is 0 Å². The predicted octanol–water partition coefficient (Wildman–Crippen LogP) is 11.0. The van der Waals surface area contributed by atoms with Gasteiger partial charge in [-0.2, -0.15) is 0 Å². The molecule has 0 fully saturated rings. The van der Waals surface area contributed by atoms with E-state index in [-0.39, 0.29) is 5.69 Å². The molecule has 0 saturated heterocycles. The molecule has 0 aliphatic heterocycles. The number of nitrogens with zero attached hydrogens (tertiary/aromatic N) is 1. The van der Waals surface area contributed by atoms with Gasteiger partial charge in [0, 0.05) is 5.39 Å². The number of unbranched alkanes of at least 4 members (excludes halogenated alkanes) is 10. The molecule has 3 aromatic carbocycles. The lowest BCUT2D eigenvalue weighted by Gasteiger charge is -2.18. The Kier molecular flexibility index (Phi) is 13.1. The van der Waals surface area contributed by atoms with Crippen LogP contribution in [0.25, 0.3) is 22.0 Å². The molecule has 0 aliphatic carbocycles. The average Bonchev–Trinajstić information content (AvgIpc) is 3.04. The number of carboxylic acids is 1. The lowest BCUT2D eigenvalue weighted by molar-refractivity contribution is 0.0691. The quantitative estimate of drug-likeness (QED) is 0.112. The first kappa shape index (κ1) is 32.3. The Hall–Kier alpha value is -3.66. The maximum atomic E-state index is 12.4. The van der Waals surface area contributed by atoms with Gasteiger partial charge >= 0.3 is 5.97 Å². The van der Waals surface area contributed by atoms with Crippen LogP contribution in [0.4, 0.5) is 0 Å². The molecule has 4 rings (SSSR count). The molecule has 4 heteroatoms. The molecule has 1 aromatic heterocycles. The van der Waals surface area contributed by atoms with Crippen LogP contribution in [0.5, 0.6) is 5.75 Å². The van der Waals surface area contributed by atoms with Gasteiger partial charge in [0.15, 0.2) is 5.69 Å². The van der Waals surface area contributed by atoms with Crippen molar-refractivity contribution in [2.24, 2.45) is 0 Å². The van der Waals surface area contributed by atoms with Crippen LogP contribution in [0.15, 0.2) is 72.8 Å². The molecule has 0 spiro atoms. The second kappa shape index (κ2) is 17.5. The van der Waals surface area contributed by atoms with Crippen LogP contribution in [0.2, 0.25) is 0 Å². The number of aryl methyl sites for hydroxylation is 2. The Morgan fingerprint density at radius 2 is 1.26 bits per heavy atom. The van der Waals surface area contributed by atoms with E-state index in [4.69, 9.17) is 4.74 Å². The second-order valence-corrected chi connectivity index (χ2v) is 11.8. The lowest BCUT2D eigenvalue weighted by Crippen LogP contribution is -2.08. The molecule has 4 aromatic rings. The number of aromatic nitrogens is 1. The highest BCUT2D eigenvalue weighted by Gasteiger charge is 2.23. The maximum Gasteiger partial charge on any atom is 0.355 e. The first-order chi connectivity index (χ1) is 21.1. The molecule has 1 N–H and O–H groups in total. The fraction of sp³-hybridized carbons (Fsp3) is 0.436. The van der Waals surface area contributed by atoms with Crippen molar-refractivity contribution in [1.82, 2.24) is 4.98 Å². The van der Waals surface area contributed by atoms with E-state index in [1.165, 1.54) is 75.3 Å². The SMILES string of the molecule is CCCCCCCCCCCCc1ccc(COc2c(-c3ccccc3)c(C(=O)O)nc3ccc(CCCC)cc23)cc1. The van der Waals surface area contributed by atoms with Crippen molar-refractivity contribution in [2.45, 2.75) is 110 Å². The van der Waals surface area contributed by atoms with Gasteiger partial charge in [-0.3, -0.25) is 0 Å². The van der Waals surface area contributed by atoms with Crippen LogP contribution in [-0.4, -0.2) is 16.1 Å². The predicted molar refractivity (Wildman–Crippen MR) is 179 cm³/mol. The van der Waals surface area contributed by atoms with Gasteiger partial charge in [-0.05, 0) is 60.1 Å². The lowest BCUT2D eigenvalue weighted by atomic mass is 9.97. The first-order valence-electron chi connectivity index (χ1n) is 16.6. The van der Waals surface area contributed by atoms with Crippen molar-refractivity contribution in [3.8, 4) is 16.9 Å². The summed E-state index contributed by atoms with van der Waals surface area (Å²) in [7, 11) is 0. The highest BCUT2D eigenvalue weighted by atomic mass is 16.5. The molecule has 0 saturated carbocycles. The number of aromatic carboxylic acids is 1. The van der Waals surface area contributed by atoms with Gasteiger partial charge in [-0.1, -0.05) is 139 Å². The number of carboxylic acid groups (broad SMARTS) is 1. The number of pyridine rings is 1. The fourth-order valence-corrected chi connectivity index (χ4v) is 5.77. The van der Waals surface area contributed by atoms with Crippen molar-refractivity contribution in [2.75, 3.05) is 0 Å². The van der Waals surface area contributed by atoms with E-state index in [0.29, 0.717) is 23.4 Å². The molecular formula is C39H49NO3. The minimum absolute atomic E-state index is 0.0156. The van der Waals surface area contributed by atoms with E-state index < -0.39 is 5.97 Å². The third-order valence-electron chi connectivity index (χ3n) is 8.31. The molecule has 0 amide bonds. The van der Waals surface area contributed by atoms with Crippen LogP contribution < -0.4 is 4.74 Å². The highest BCUT2D eigenvalue weighted by Crippen LogP contribution is 2.39. The number of rotatable bonds is 19. The summed E-state index contributed by atoms with van der Waals surface area (Å²) in [6.07, 6.45) is 17.8. The molecule has 0 unspecified atom stereocenters. The summed E-state index contributed by atoms with van der Waals surface area (Å²) in [6.45, 7) is 4.82. The van der Waals surface area contributed by atoms with E-state index in [2.05, 4.69) is 55.2 Å². The monoisotopic (exact) mass is 579 g/mol. The van der Waals surface area contributed by atoms with Crippen LogP contribution in [0.1, 0.15) is 118 Å². The third-order valence-corrected chi connectivity index (χ3v) is 8.31. The summed E-state index contributed by atoms with van der Waals surface area (Å²) in [4.78, 5) is 17.0. The Balaban J connectivity index is 1.45. The molecule has 43 heavy (non-hydrogen) atoms. The summed E-state index contributed by atoms with van der Waals surface area (Å²) in [5.74, 6) is -0.474. The van der Waals surface area contributed by atoms with Crippen LogP contribution in [0.3, 0.4) is 0 Å². The Morgan fingerprint density at radius 3 is 1.91 bits per heavy atom. The molecule has 0 aliphatic rings. The van der Waals surface area contributed by atoms with Crippen molar-refractivity contribution >= 4 is 16.9 Å². The molecule has 4 nitrogen and oxygen atoms in total. The van der Waals surface area contributed by atoms with E-state index >= 15 is 0 Å². The summed E-state index contributed by atoms with van der Waals surface area (Å²) in [5, 5.41) is 11.0.